The molecule has 1 aromatic heterocycles. The highest BCUT2D eigenvalue weighted by Gasteiger charge is 2.36. The quantitative estimate of drug-likeness (QED) is 0.848. The first-order valence-corrected chi connectivity index (χ1v) is 8.72. The number of piperidine rings is 1. The Morgan fingerprint density at radius 2 is 2.05 bits per heavy atom. The maximum Gasteiger partial charge on any atom is 0.0312 e. The molecular formula is C18H27N3. The highest BCUT2D eigenvalue weighted by molar-refractivity contribution is 5.08. The Kier molecular flexibility index (Phi) is 3.95. The molecule has 2 bridgehead atoms. The zero-order valence-corrected chi connectivity index (χ0v) is 13.0. The number of fused-ring (bicyclic) bond motifs is 4. The molecule has 3 aliphatic heterocycles. The van der Waals surface area contributed by atoms with Gasteiger partial charge in [-0.2, -0.15) is 0 Å². The van der Waals surface area contributed by atoms with Crippen LogP contribution >= 0.6 is 0 Å². The van der Waals surface area contributed by atoms with Gasteiger partial charge in [-0.15, -0.1) is 0 Å². The third kappa shape index (κ3) is 3.14. The summed E-state index contributed by atoms with van der Waals surface area (Å²) in [5.74, 6) is 1.90. The maximum atomic E-state index is 4.26. The molecule has 3 heteroatoms. The largest absolute Gasteiger partial charge is 0.299 e. The fourth-order valence-corrected chi connectivity index (χ4v) is 4.39. The zero-order chi connectivity index (χ0) is 14.1. The molecule has 0 N–H and O–H groups in total. The van der Waals surface area contributed by atoms with Crippen molar-refractivity contribution in [3.63, 3.8) is 0 Å². The number of aromatic nitrogens is 1. The predicted molar refractivity (Wildman–Crippen MR) is 84.9 cm³/mol. The van der Waals surface area contributed by atoms with Crippen molar-refractivity contribution in [2.75, 3.05) is 26.2 Å². The van der Waals surface area contributed by atoms with Gasteiger partial charge in [0.05, 0.1) is 0 Å². The van der Waals surface area contributed by atoms with Crippen molar-refractivity contribution >= 4 is 0 Å². The summed E-state index contributed by atoms with van der Waals surface area (Å²) in [6.45, 7) is 6.36. The molecule has 0 radical (unpaired) electrons. The average Bonchev–Trinajstić information content (AvgIpc) is 2.74. The van der Waals surface area contributed by atoms with Gasteiger partial charge in [-0.05, 0) is 49.1 Å². The van der Waals surface area contributed by atoms with E-state index in [1.165, 1.54) is 63.8 Å². The number of rotatable bonds is 4. The van der Waals surface area contributed by atoms with Gasteiger partial charge in [0.2, 0.25) is 0 Å². The molecule has 5 rings (SSSR count). The highest BCUT2D eigenvalue weighted by Crippen LogP contribution is 2.33. The minimum absolute atomic E-state index is 0.807. The van der Waals surface area contributed by atoms with Gasteiger partial charge < -0.3 is 0 Å². The Bertz CT molecular complexity index is 457. The van der Waals surface area contributed by atoms with Crippen molar-refractivity contribution in [1.29, 1.82) is 0 Å². The highest BCUT2D eigenvalue weighted by atomic mass is 15.3. The Labute approximate surface area is 128 Å². The molecular weight excluding hydrogens is 258 g/mol. The van der Waals surface area contributed by atoms with E-state index < -0.39 is 0 Å². The third-order valence-corrected chi connectivity index (χ3v) is 5.75. The average molecular weight is 285 g/mol. The van der Waals surface area contributed by atoms with Crippen LogP contribution in [0.1, 0.15) is 37.7 Å². The SMILES string of the molecule is c1cncc(CN2C[C@@H]3CC[C@H](C2)N(CC2CCC2)C3)c1. The van der Waals surface area contributed by atoms with Crippen LogP contribution in [0.25, 0.3) is 0 Å². The van der Waals surface area contributed by atoms with Crippen LogP contribution in [0.3, 0.4) is 0 Å². The molecule has 2 atom stereocenters. The Hall–Kier alpha value is -0.930. The van der Waals surface area contributed by atoms with Gasteiger partial charge in [0, 0.05) is 51.2 Å². The van der Waals surface area contributed by atoms with Gasteiger partial charge in [0.25, 0.3) is 0 Å². The van der Waals surface area contributed by atoms with Crippen LogP contribution in [-0.2, 0) is 6.54 Å². The second kappa shape index (κ2) is 6.05. The third-order valence-electron chi connectivity index (χ3n) is 5.75. The number of hydrogen-bond acceptors (Lipinski definition) is 3. The van der Waals surface area contributed by atoms with Crippen LogP contribution in [0.2, 0.25) is 0 Å². The van der Waals surface area contributed by atoms with Crippen molar-refractivity contribution in [3.8, 4) is 0 Å². The molecule has 1 saturated carbocycles. The van der Waals surface area contributed by atoms with E-state index in [9.17, 15) is 0 Å². The summed E-state index contributed by atoms with van der Waals surface area (Å²) >= 11 is 0. The van der Waals surface area contributed by atoms with E-state index >= 15 is 0 Å². The molecule has 1 aromatic rings. The zero-order valence-electron chi connectivity index (χ0n) is 13.0. The van der Waals surface area contributed by atoms with Gasteiger partial charge in [-0.25, -0.2) is 0 Å². The lowest BCUT2D eigenvalue weighted by Crippen LogP contribution is -2.46. The molecule has 0 amide bonds. The van der Waals surface area contributed by atoms with Crippen LogP contribution in [0.5, 0.6) is 0 Å². The van der Waals surface area contributed by atoms with E-state index in [0.29, 0.717) is 0 Å². The van der Waals surface area contributed by atoms with Crippen molar-refractivity contribution in [3.05, 3.63) is 30.1 Å². The maximum absolute atomic E-state index is 4.26. The van der Waals surface area contributed by atoms with Crippen LogP contribution in [-0.4, -0.2) is 47.0 Å². The summed E-state index contributed by atoms with van der Waals surface area (Å²) < 4.78 is 0. The summed E-state index contributed by atoms with van der Waals surface area (Å²) in [6.07, 6.45) is 11.2. The normalized spacial score (nSPS) is 31.0. The van der Waals surface area contributed by atoms with Gasteiger partial charge in [0.15, 0.2) is 0 Å². The molecule has 0 unspecified atom stereocenters. The first-order valence-electron chi connectivity index (χ1n) is 8.72. The Morgan fingerprint density at radius 3 is 2.81 bits per heavy atom. The van der Waals surface area contributed by atoms with Crippen molar-refractivity contribution in [2.45, 2.75) is 44.7 Å². The topological polar surface area (TPSA) is 19.4 Å². The molecule has 4 aliphatic rings. The molecule has 3 saturated heterocycles. The minimum atomic E-state index is 0.807. The van der Waals surface area contributed by atoms with E-state index in [1.807, 2.05) is 12.4 Å². The first-order chi connectivity index (χ1) is 10.4. The summed E-state index contributed by atoms with van der Waals surface area (Å²) in [6, 6.07) is 5.08. The molecule has 21 heavy (non-hydrogen) atoms. The fraction of sp³-hybridized carbons (Fsp3) is 0.722. The van der Waals surface area contributed by atoms with E-state index in [-0.39, 0.29) is 0 Å². The first kappa shape index (κ1) is 13.7. The molecule has 3 nitrogen and oxygen atoms in total. The smallest absolute Gasteiger partial charge is 0.0312 e. The van der Waals surface area contributed by atoms with Crippen LogP contribution in [0.4, 0.5) is 0 Å². The fourth-order valence-electron chi connectivity index (χ4n) is 4.39. The second-order valence-corrected chi connectivity index (χ2v) is 7.40. The van der Waals surface area contributed by atoms with Crippen LogP contribution in [0.15, 0.2) is 24.5 Å². The number of pyridine rings is 1. The van der Waals surface area contributed by atoms with Gasteiger partial charge >= 0.3 is 0 Å². The predicted octanol–water partition coefficient (Wildman–Crippen LogP) is 2.78. The summed E-state index contributed by atoms with van der Waals surface area (Å²) in [7, 11) is 0. The van der Waals surface area contributed by atoms with Gasteiger partial charge in [-0.1, -0.05) is 12.5 Å². The van der Waals surface area contributed by atoms with Gasteiger partial charge in [-0.3, -0.25) is 14.8 Å². The van der Waals surface area contributed by atoms with Crippen LogP contribution < -0.4 is 0 Å². The molecule has 1 aliphatic carbocycles. The van der Waals surface area contributed by atoms with Gasteiger partial charge in [0.1, 0.15) is 0 Å². The molecule has 4 fully saturated rings. The molecule has 0 aromatic carbocycles. The molecule has 0 spiro atoms. The van der Waals surface area contributed by atoms with Crippen molar-refractivity contribution in [2.24, 2.45) is 11.8 Å². The minimum Gasteiger partial charge on any atom is -0.299 e. The lowest BCUT2D eigenvalue weighted by molar-refractivity contribution is 0.0891. The standard InChI is InChI=1S/C18H27N3/c1-3-15(4-1)12-21-13-17-6-7-18(21)14-20(11-17)10-16-5-2-8-19-9-16/h2,5,8-9,15,17-18H,1,3-4,6-7,10-14H2/t17-,18+/m0/s1. The van der Waals surface area contributed by atoms with Crippen molar-refractivity contribution < 1.29 is 0 Å². The Morgan fingerprint density at radius 1 is 1.10 bits per heavy atom. The van der Waals surface area contributed by atoms with E-state index in [2.05, 4.69) is 26.9 Å². The summed E-state index contributed by atoms with van der Waals surface area (Å²) in [4.78, 5) is 9.78. The summed E-state index contributed by atoms with van der Waals surface area (Å²) in [5, 5.41) is 0. The monoisotopic (exact) mass is 285 g/mol. The van der Waals surface area contributed by atoms with Crippen LogP contribution in [0, 0.1) is 11.8 Å². The van der Waals surface area contributed by atoms with E-state index in [0.717, 1.165) is 24.4 Å². The summed E-state index contributed by atoms with van der Waals surface area (Å²) in [5.41, 5.74) is 1.37. The van der Waals surface area contributed by atoms with E-state index in [4.69, 9.17) is 0 Å². The lowest BCUT2D eigenvalue weighted by Gasteiger charge is -2.40. The Balaban J connectivity index is 1.40. The molecule has 114 valence electrons. The second-order valence-electron chi connectivity index (χ2n) is 7.40. The van der Waals surface area contributed by atoms with Crippen molar-refractivity contribution in [1.82, 2.24) is 14.8 Å². The lowest BCUT2D eigenvalue weighted by atomic mass is 9.83. The van der Waals surface area contributed by atoms with E-state index in [1.54, 1.807) is 0 Å². The molecule has 4 heterocycles. The number of hydrogen-bond donors (Lipinski definition) is 0. The number of nitrogens with zero attached hydrogens (tertiary/aromatic N) is 3.